The van der Waals surface area contributed by atoms with Crippen molar-refractivity contribution in [2.24, 2.45) is 0 Å². The van der Waals surface area contributed by atoms with E-state index in [4.69, 9.17) is 9.47 Å². The minimum Gasteiger partial charge on any atom is -0.493 e. The molecule has 2 aliphatic heterocycles. The number of benzene rings is 2. The fraction of sp³-hybridized carbons (Fsp3) is 0.318. The molecule has 1 atom stereocenters. The number of methoxy groups -OCH3 is 2. The van der Waals surface area contributed by atoms with E-state index in [1.807, 2.05) is 42.5 Å². The van der Waals surface area contributed by atoms with Crippen LogP contribution in [0.25, 0.3) is 0 Å². The summed E-state index contributed by atoms with van der Waals surface area (Å²) in [6.07, 6.45) is 0.781. The van der Waals surface area contributed by atoms with Gasteiger partial charge in [-0.25, -0.2) is 9.69 Å². The van der Waals surface area contributed by atoms with Gasteiger partial charge in [0.1, 0.15) is 6.54 Å². The van der Waals surface area contributed by atoms with Crippen LogP contribution in [0.5, 0.6) is 11.5 Å². The number of nitrogens with one attached hydrogen (secondary N) is 1. The Balaban J connectivity index is 1.47. The van der Waals surface area contributed by atoms with Crippen LogP contribution in [0, 0.1) is 0 Å². The van der Waals surface area contributed by atoms with Crippen molar-refractivity contribution in [3.8, 4) is 11.5 Å². The maximum absolute atomic E-state index is 12.8. The fourth-order valence-corrected chi connectivity index (χ4v) is 3.98. The van der Waals surface area contributed by atoms with Crippen molar-refractivity contribution in [2.75, 3.05) is 27.4 Å². The van der Waals surface area contributed by atoms with Crippen LogP contribution < -0.4 is 14.4 Å². The zero-order valence-electron chi connectivity index (χ0n) is 17.0. The molecule has 8 heteroatoms. The van der Waals surface area contributed by atoms with E-state index in [1.54, 1.807) is 14.2 Å². The molecule has 0 saturated carbocycles. The van der Waals surface area contributed by atoms with E-state index in [0.29, 0.717) is 18.0 Å². The zero-order chi connectivity index (χ0) is 21.3. The highest BCUT2D eigenvalue weighted by Gasteiger charge is 2.46. The predicted octanol–water partition coefficient (Wildman–Crippen LogP) is 0.593. The van der Waals surface area contributed by atoms with Gasteiger partial charge < -0.3 is 14.4 Å². The molecule has 1 saturated heterocycles. The molecule has 30 heavy (non-hydrogen) atoms. The maximum atomic E-state index is 12.8. The number of imide groups is 2. The van der Waals surface area contributed by atoms with Gasteiger partial charge in [0.25, 0.3) is 0 Å². The SMILES string of the molecule is COc1cc2c(cc1OC)C[NH+](CN1C(=O)C(=O)N(Cc3ccccc3)C1=O)CC2. The average Bonchev–Trinajstić information content (AvgIpc) is 2.97. The Bertz CT molecular complexity index is 992. The zero-order valence-corrected chi connectivity index (χ0v) is 17.0. The van der Waals surface area contributed by atoms with Crippen LogP contribution in [0.4, 0.5) is 4.79 Å². The van der Waals surface area contributed by atoms with E-state index < -0.39 is 17.8 Å². The number of fused-ring (bicyclic) bond motifs is 1. The molecule has 1 fully saturated rings. The van der Waals surface area contributed by atoms with Gasteiger partial charge in [-0.3, -0.25) is 14.5 Å². The lowest BCUT2D eigenvalue weighted by atomic mass is 9.99. The minimum atomic E-state index is -0.771. The van der Waals surface area contributed by atoms with Crippen LogP contribution >= 0.6 is 0 Å². The third-order valence-corrected chi connectivity index (χ3v) is 5.59. The molecule has 1 unspecified atom stereocenters. The van der Waals surface area contributed by atoms with Gasteiger partial charge in [-0.2, -0.15) is 0 Å². The highest BCUT2D eigenvalue weighted by molar-refractivity contribution is 6.44. The summed E-state index contributed by atoms with van der Waals surface area (Å²) in [6.45, 7) is 1.62. The summed E-state index contributed by atoms with van der Waals surface area (Å²) in [7, 11) is 3.19. The van der Waals surface area contributed by atoms with Gasteiger partial charge in [0.05, 0.1) is 27.3 Å². The van der Waals surface area contributed by atoms with Gasteiger partial charge in [0, 0.05) is 12.0 Å². The second-order valence-corrected chi connectivity index (χ2v) is 7.45. The maximum Gasteiger partial charge on any atom is 0.339 e. The molecule has 4 rings (SSSR count). The molecular weight excluding hydrogens is 386 g/mol. The molecular formula is C22H24N3O5+. The van der Waals surface area contributed by atoms with Crippen LogP contribution in [0.15, 0.2) is 42.5 Å². The number of amides is 4. The Labute approximate surface area is 174 Å². The first-order valence-corrected chi connectivity index (χ1v) is 9.80. The normalized spacial score (nSPS) is 18.6. The highest BCUT2D eigenvalue weighted by Crippen LogP contribution is 2.31. The van der Waals surface area contributed by atoms with Crippen molar-refractivity contribution in [3.63, 3.8) is 0 Å². The molecule has 8 nitrogen and oxygen atoms in total. The largest absolute Gasteiger partial charge is 0.493 e. The summed E-state index contributed by atoms with van der Waals surface area (Å²) in [5, 5.41) is 0. The topological polar surface area (TPSA) is 80.6 Å². The molecule has 156 valence electrons. The van der Waals surface area contributed by atoms with Gasteiger partial charge >= 0.3 is 17.8 Å². The van der Waals surface area contributed by atoms with Crippen LogP contribution in [0.2, 0.25) is 0 Å². The quantitative estimate of drug-likeness (QED) is 0.557. The van der Waals surface area contributed by atoms with Gasteiger partial charge in [-0.1, -0.05) is 30.3 Å². The fourth-order valence-electron chi connectivity index (χ4n) is 3.98. The van der Waals surface area contributed by atoms with Crippen molar-refractivity contribution in [2.45, 2.75) is 19.5 Å². The van der Waals surface area contributed by atoms with Gasteiger partial charge in [0.15, 0.2) is 18.2 Å². The number of rotatable bonds is 6. The van der Waals surface area contributed by atoms with Crippen LogP contribution in [0.3, 0.4) is 0 Å². The Morgan fingerprint density at radius 1 is 0.900 bits per heavy atom. The number of carbonyl (C=O) groups excluding carboxylic acids is 3. The third kappa shape index (κ3) is 3.61. The number of urea groups is 1. The lowest BCUT2D eigenvalue weighted by Crippen LogP contribution is -3.13. The van der Waals surface area contributed by atoms with Gasteiger partial charge in [-0.05, 0) is 23.3 Å². The molecule has 2 heterocycles. The third-order valence-electron chi connectivity index (χ3n) is 5.59. The molecule has 0 spiro atoms. The number of ether oxygens (including phenoxy) is 2. The minimum absolute atomic E-state index is 0.0932. The first-order chi connectivity index (χ1) is 14.5. The van der Waals surface area contributed by atoms with Crippen molar-refractivity contribution < 1.29 is 28.8 Å². The van der Waals surface area contributed by atoms with Crippen molar-refractivity contribution in [1.29, 1.82) is 0 Å². The highest BCUT2D eigenvalue weighted by atomic mass is 16.5. The van der Waals surface area contributed by atoms with E-state index in [1.165, 1.54) is 0 Å². The second kappa shape index (κ2) is 8.16. The van der Waals surface area contributed by atoms with Gasteiger partial charge in [0.2, 0.25) is 0 Å². The Morgan fingerprint density at radius 2 is 1.53 bits per heavy atom. The molecule has 4 amide bonds. The number of hydrogen-bond donors (Lipinski definition) is 1. The number of carbonyl (C=O) groups is 3. The standard InChI is InChI=1S/C22H23N3O5/c1-29-18-10-16-8-9-23(13-17(16)11-19(18)30-2)14-25-21(27)20(26)24(22(25)28)12-15-6-4-3-5-7-15/h3-7,10-11H,8-9,12-14H2,1-2H3/p+1. The molecule has 0 aromatic heterocycles. The predicted molar refractivity (Wildman–Crippen MR) is 107 cm³/mol. The summed E-state index contributed by atoms with van der Waals surface area (Å²) < 4.78 is 10.8. The number of hydrogen-bond acceptors (Lipinski definition) is 5. The Kier molecular flexibility index (Phi) is 5.41. The average molecular weight is 410 g/mol. The molecule has 2 aromatic rings. The summed E-state index contributed by atoms with van der Waals surface area (Å²) in [5.74, 6) is -0.199. The molecule has 0 radical (unpaired) electrons. The molecule has 0 bridgehead atoms. The van der Waals surface area contributed by atoms with Crippen LogP contribution in [0.1, 0.15) is 16.7 Å². The Hall–Kier alpha value is -3.39. The van der Waals surface area contributed by atoms with Crippen molar-refractivity contribution >= 4 is 17.8 Å². The van der Waals surface area contributed by atoms with Crippen LogP contribution in [-0.4, -0.2) is 55.1 Å². The second-order valence-electron chi connectivity index (χ2n) is 7.45. The van der Waals surface area contributed by atoms with E-state index in [0.717, 1.165) is 44.4 Å². The number of quaternary nitrogens is 1. The lowest BCUT2D eigenvalue weighted by Gasteiger charge is -2.28. The summed E-state index contributed by atoms with van der Waals surface area (Å²) in [6, 6.07) is 12.5. The first kappa shape index (κ1) is 19.9. The smallest absolute Gasteiger partial charge is 0.339 e. The summed E-state index contributed by atoms with van der Waals surface area (Å²) in [4.78, 5) is 40.8. The van der Waals surface area contributed by atoms with Gasteiger partial charge in [-0.15, -0.1) is 0 Å². The summed E-state index contributed by atoms with van der Waals surface area (Å²) >= 11 is 0. The monoisotopic (exact) mass is 410 g/mol. The summed E-state index contributed by atoms with van der Waals surface area (Å²) in [5.41, 5.74) is 3.05. The van der Waals surface area contributed by atoms with E-state index in [-0.39, 0.29) is 13.2 Å². The molecule has 0 aliphatic carbocycles. The molecule has 1 N–H and O–H groups in total. The van der Waals surface area contributed by atoms with E-state index in [2.05, 4.69) is 0 Å². The van der Waals surface area contributed by atoms with Crippen LogP contribution in [-0.2, 0) is 29.1 Å². The van der Waals surface area contributed by atoms with Crippen molar-refractivity contribution in [1.82, 2.24) is 9.80 Å². The first-order valence-electron chi connectivity index (χ1n) is 9.80. The van der Waals surface area contributed by atoms with E-state index in [9.17, 15) is 14.4 Å². The molecule has 2 aliphatic rings. The number of nitrogens with zero attached hydrogens (tertiary/aromatic N) is 2. The van der Waals surface area contributed by atoms with E-state index >= 15 is 0 Å². The molecule has 2 aromatic carbocycles. The Morgan fingerprint density at radius 3 is 2.20 bits per heavy atom. The van der Waals surface area contributed by atoms with Crippen molar-refractivity contribution in [3.05, 3.63) is 59.2 Å². The lowest BCUT2D eigenvalue weighted by molar-refractivity contribution is -0.923.